The minimum Gasteiger partial charge on any atom is -0.381 e. The third-order valence-electron chi connectivity index (χ3n) is 2.73. The highest BCUT2D eigenvalue weighted by Crippen LogP contribution is 2.25. The second kappa shape index (κ2) is 2.56. The molecule has 0 spiro atoms. The van der Waals surface area contributed by atoms with Crippen molar-refractivity contribution < 1.29 is 5.11 Å². The summed E-state index contributed by atoms with van der Waals surface area (Å²) in [6, 6.07) is 5.81. The Morgan fingerprint density at radius 2 is 2.29 bits per heavy atom. The molecule has 2 N–H and O–H groups in total. The number of aromatic nitrogens is 2. The van der Waals surface area contributed by atoms with Gasteiger partial charge in [-0.1, -0.05) is 6.07 Å². The van der Waals surface area contributed by atoms with Crippen molar-refractivity contribution in [2.45, 2.75) is 5.60 Å². The largest absolute Gasteiger partial charge is 0.381 e. The van der Waals surface area contributed by atoms with E-state index >= 15 is 0 Å². The first-order chi connectivity index (χ1) is 6.80. The van der Waals surface area contributed by atoms with Gasteiger partial charge in [0.1, 0.15) is 11.2 Å². The number of hydrogen-bond donors (Lipinski definition) is 2. The Labute approximate surface area is 81.2 Å². The van der Waals surface area contributed by atoms with Crippen LogP contribution in [0.5, 0.6) is 0 Å². The number of nitrogens with zero attached hydrogens (tertiary/aromatic N) is 2. The van der Waals surface area contributed by atoms with Gasteiger partial charge in [0.25, 0.3) is 0 Å². The fourth-order valence-electron chi connectivity index (χ4n) is 1.82. The number of β-amino-alcohol motifs (C(OH)–C–C–N with tert-alkyl or cyclic N) is 1. The Morgan fingerprint density at radius 1 is 1.43 bits per heavy atom. The standard InChI is InChI=1S/C10H11N3O/c14-10(6-11-7-10)8-5-12-9-3-1-2-4-13(8)9/h1-5,11,14H,6-7H2. The lowest BCUT2D eigenvalue weighted by Gasteiger charge is -2.37. The van der Waals surface area contributed by atoms with Crippen molar-refractivity contribution in [3.8, 4) is 0 Å². The van der Waals surface area contributed by atoms with Crippen molar-refractivity contribution in [1.29, 1.82) is 0 Å². The van der Waals surface area contributed by atoms with Gasteiger partial charge in [0.2, 0.25) is 0 Å². The summed E-state index contributed by atoms with van der Waals surface area (Å²) in [6.07, 6.45) is 3.67. The SMILES string of the molecule is OC1(c2cnc3ccccn23)CNC1. The maximum atomic E-state index is 10.1. The van der Waals surface area contributed by atoms with E-state index in [9.17, 15) is 5.11 Å². The minimum absolute atomic E-state index is 0.607. The van der Waals surface area contributed by atoms with Gasteiger partial charge in [0.15, 0.2) is 0 Å². The van der Waals surface area contributed by atoms with Gasteiger partial charge >= 0.3 is 0 Å². The third kappa shape index (κ3) is 0.921. The number of aliphatic hydroxyl groups is 1. The molecule has 14 heavy (non-hydrogen) atoms. The van der Waals surface area contributed by atoms with Gasteiger partial charge in [0.05, 0.1) is 11.9 Å². The molecule has 0 amide bonds. The summed E-state index contributed by atoms with van der Waals surface area (Å²) in [7, 11) is 0. The van der Waals surface area contributed by atoms with Crippen molar-refractivity contribution in [3.05, 3.63) is 36.3 Å². The average molecular weight is 189 g/mol. The summed E-state index contributed by atoms with van der Waals surface area (Å²) in [5.74, 6) is 0. The van der Waals surface area contributed by atoms with Crippen molar-refractivity contribution in [2.75, 3.05) is 13.1 Å². The molecule has 0 aromatic carbocycles. The molecular weight excluding hydrogens is 178 g/mol. The molecule has 0 radical (unpaired) electrons. The number of imidazole rings is 1. The van der Waals surface area contributed by atoms with Gasteiger partial charge in [-0.15, -0.1) is 0 Å². The highest BCUT2D eigenvalue weighted by molar-refractivity contribution is 5.41. The highest BCUT2D eigenvalue weighted by atomic mass is 16.3. The Morgan fingerprint density at radius 3 is 3.00 bits per heavy atom. The Balaban J connectivity index is 2.22. The second-order valence-electron chi connectivity index (χ2n) is 3.71. The highest BCUT2D eigenvalue weighted by Gasteiger charge is 2.38. The monoisotopic (exact) mass is 189 g/mol. The first-order valence-corrected chi connectivity index (χ1v) is 4.65. The summed E-state index contributed by atoms with van der Waals surface area (Å²) < 4.78 is 1.93. The Kier molecular flexibility index (Phi) is 1.45. The number of rotatable bonds is 1. The van der Waals surface area contributed by atoms with Gasteiger partial charge in [0, 0.05) is 19.3 Å². The zero-order valence-electron chi connectivity index (χ0n) is 7.64. The molecule has 0 aliphatic carbocycles. The van der Waals surface area contributed by atoms with E-state index in [-0.39, 0.29) is 0 Å². The molecule has 0 bridgehead atoms. The van der Waals surface area contributed by atoms with E-state index in [1.165, 1.54) is 0 Å². The molecule has 4 nitrogen and oxygen atoms in total. The zero-order valence-corrected chi connectivity index (χ0v) is 7.64. The topological polar surface area (TPSA) is 49.6 Å². The molecule has 2 aromatic heterocycles. The summed E-state index contributed by atoms with van der Waals surface area (Å²) in [5.41, 5.74) is 1.01. The molecule has 2 aromatic rings. The van der Waals surface area contributed by atoms with Gasteiger partial charge in [-0.25, -0.2) is 4.98 Å². The number of nitrogens with one attached hydrogen (secondary N) is 1. The van der Waals surface area contributed by atoms with E-state index < -0.39 is 5.60 Å². The van der Waals surface area contributed by atoms with Crippen LogP contribution >= 0.6 is 0 Å². The van der Waals surface area contributed by atoms with E-state index in [0.29, 0.717) is 13.1 Å². The molecule has 1 saturated heterocycles. The van der Waals surface area contributed by atoms with Gasteiger partial charge in [-0.2, -0.15) is 0 Å². The zero-order chi connectivity index (χ0) is 9.60. The molecule has 0 unspecified atom stereocenters. The summed E-state index contributed by atoms with van der Waals surface area (Å²) in [5, 5.41) is 13.2. The van der Waals surface area contributed by atoms with Crippen LogP contribution in [0, 0.1) is 0 Å². The van der Waals surface area contributed by atoms with Crippen molar-refractivity contribution in [3.63, 3.8) is 0 Å². The van der Waals surface area contributed by atoms with Crippen molar-refractivity contribution in [1.82, 2.24) is 14.7 Å². The van der Waals surface area contributed by atoms with Gasteiger partial charge in [-0.05, 0) is 12.1 Å². The van der Waals surface area contributed by atoms with E-state index in [4.69, 9.17) is 0 Å². The second-order valence-corrected chi connectivity index (χ2v) is 3.71. The van der Waals surface area contributed by atoms with Crippen LogP contribution in [0.15, 0.2) is 30.6 Å². The first kappa shape index (κ1) is 7.96. The maximum absolute atomic E-state index is 10.1. The van der Waals surface area contributed by atoms with Crippen LogP contribution in [0.1, 0.15) is 5.69 Å². The third-order valence-corrected chi connectivity index (χ3v) is 2.73. The van der Waals surface area contributed by atoms with Crippen LogP contribution in [0.4, 0.5) is 0 Å². The minimum atomic E-state index is -0.735. The Hall–Kier alpha value is -1.39. The van der Waals surface area contributed by atoms with Crippen LogP contribution in [0.25, 0.3) is 5.65 Å². The lowest BCUT2D eigenvalue weighted by molar-refractivity contribution is -0.0192. The molecule has 4 heteroatoms. The summed E-state index contributed by atoms with van der Waals surface area (Å²) >= 11 is 0. The molecule has 3 rings (SSSR count). The van der Waals surface area contributed by atoms with Crippen LogP contribution in [-0.2, 0) is 5.60 Å². The van der Waals surface area contributed by atoms with Crippen LogP contribution in [-0.4, -0.2) is 27.6 Å². The average Bonchev–Trinajstić information content (AvgIpc) is 2.58. The lowest BCUT2D eigenvalue weighted by Crippen LogP contribution is -2.57. The smallest absolute Gasteiger partial charge is 0.136 e. The predicted octanol–water partition coefficient (Wildman–Crippen LogP) is 0.125. The van der Waals surface area contributed by atoms with Gasteiger partial charge in [-0.3, -0.25) is 0 Å². The van der Waals surface area contributed by atoms with Crippen LogP contribution < -0.4 is 5.32 Å². The number of hydrogen-bond acceptors (Lipinski definition) is 3. The van der Waals surface area contributed by atoms with E-state index in [1.54, 1.807) is 6.20 Å². The fraction of sp³-hybridized carbons (Fsp3) is 0.300. The Bertz CT molecular complexity index is 473. The molecular formula is C10H11N3O. The summed E-state index contributed by atoms with van der Waals surface area (Å²) in [4.78, 5) is 4.24. The normalized spacial score (nSPS) is 19.5. The maximum Gasteiger partial charge on any atom is 0.136 e. The quantitative estimate of drug-likeness (QED) is 0.670. The molecule has 1 aliphatic rings. The number of pyridine rings is 1. The molecule has 0 saturated carbocycles. The summed E-state index contributed by atoms with van der Waals surface area (Å²) in [6.45, 7) is 1.21. The van der Waals surface area contributed by atoms with Crippen LogP contribution in [0.3, 0.4) is 0 Å². The van der Waals surface area contributed by atoms with E-state index in [1.807, 2.05) is 28.8 Å². The molecule has 3 heterocycles. The molecule has 0 atom stereocenters. The predicted molar refractivity (Wildman–Crippen MR) is 52.0 cm³/mol. The van der Waals surface area contributed by atoms with E-state index in [0.717, 1.165) is 11.3 Å². The molecule has 72 valence electrons. The molecule has 1 fully saturated rings. The van der Waals surface area contributed by atoms with Crippen LogP contribution in [0.2, 0.25) is 0 Å². The lowest BCUT2D eigenvalue weighted by atomic mass is 9.94. The van der Waals surface area contributed by atoms with Crippen molar-refractivity contribution in [2.24, 2.45) is 0 Å². The van der Waals surface area contributed by atoms with E-state index in [2.05, 4.69) is 10.3 Å². The van der Waals surface area contributed by atoms with Crippen molar-refractivity contribution >= 4 is 5.65 Å². The number of fused-ring (bicyclic) bond motifs is 1. The first-order valence-electron chi connectivity index (χ1n) is 4.65. The fourth-order valence-corrected chi connectivity index (χ4v) is 1.82. The molecule has 1 aliphatic heterocycles. The van der Waals surface area contributed by atoms with Gasteiger partial charge < -0.3 is 14.8 Å².